The minimum atomic E-state index is -0.499. The molecule has 1 saturated heterocycles. The number of rotatable bonds is 4. The van der Waals surface area contributed by atoms with Crippen LogP contribution in [0.2, 0.25) is 0 Å². The molecule has 102 valence electrons. The quantitative estimate of drug-likeness (QED) is 0.366. The number of benzene rings is 1. The summed E-state index contributed by atoms with van der Waals surface area (Å²) < 4.78 is 4.54. The van der Waals surface area contributed by atoms with Crippen LogP contribution in [0, 0.1) is 0 Å². The Kier molecular flexibility index (Phi) is 7.04. The Morgan fingerprint density at radius 1 is 1.47 bits per heavy atom. The first-order valence-electron chi connectivity index (χ1n) is 5.80. The van der Waals surface area contributed by atoms with E-state index in [1.54, 1.807) is 0 Å². The number of aliphatic hydroxyl groups excluding tert-OH is 1. The van der Waals surface area contributed by atoms with Crippen molar-refractivity contribution in [1.82, 2.24) is 5.32 Å². The first kappa shape index (κ1) is 15.0. The van der Waals surface area contributed by atoms with Crippen molar-refractivity contribution in [2.24, 2.45) is 5.11 Å². The fraction of sp³-hybridized carbons (Fsp3) is 0.417. The molecule has 0 aliphatic carbocycles. The van der Waals surface area contributed by atoms with Crippen molar-refractivity contribution in [3.63, 3.8) is 0 Å². The van der Waals surface area contributed by atoms with E-state index >= 15 is 0 Å². The molecule has 0 radical (unpaired) electrons. The molecule has 1 aromatic rings. The molecule has 1 heterocycles. The lowest BCUT2D eigenvalue weighted by atomic mass is 10.2. The number of ether oxygens (including phenoxy) is 1. The van der Waals surface area contributed by atoms with E-state index in [-0.39, 0.29) is 6.04 Å². The van der Waals surface area contributed by atoms with Gasteiger partial charge in [-0.05, 0) is 11.1 Å². The Labute approximate surface area is 110 Å². The van der Waals surface area contributed by atoms with E-state index in [1.807, 2.05) is 30.3 Å². The predicted octanol–water partition coefficient (Wildman–Crippen LogP) is 0.989. The predicted molar refractivity (Wildman–Crippen MR) is 69.1 cm³/mol. The van der Waals surface area contributed by atoms with Gasteiger partial charge in [0.1, 0.15) is 6.61 Å². The van der Waals surface area contributed by atoms with E-state index in [0.717, 1.165) is 5.56 Å². The van der Waals surface area contributed by atoms with Crippen molar-refractivity contribution in [3.05, 3.63) is 46.3 Å². The minimum absolute atomic E-state index is 0.269. The average Bonchev–Trinajstić information content (AvgIpc) is 2.85. The maximum Gasteiger partial charge on any atom is 0.293 e. The van der Waals surface area contributed by atoms with Crippen LogP contribution in [0.5, 0.6) is 0 Å². The Morgan fingerprint density at radius 2 is 2.21 bits per heavy atom. The molecule has 1 aliphatic rings. The SMILES string of the molecule is O=COCc1ccccc1.[N-]=[N+]=N[C@@H]1CNC[C@H]1O. The van der Waals surface area contributed by atoms with Crippen molar-refractivity contribution in [2.45, 2.75) is 18.8 Å². The number of aliphatic hydroxyl groups is 1. The van der Waals surface area contributed by atoms with Gasteiger partial charge >= 0.3 is 0 Å². The zero-order valence-corrected chi connectivity index (χ0v) is 10.3. The zero-order valence-electron chi connectivity index (χ0n) is 10.3. The summed E-state index contributed by atoms with van der Waals surface area (Å²) in [7, 11) is 0. The van der Waals surface area contributed by atoms with Gasteiger partial charge in [-0.2, -0.15) is 0 Å². The number of carbonyl (C=O) groups is 1. The molecular formula is C12H16N4O3. The van der Waals surface area contributed by atoms with E-state index in [0.29, 0.717) is 26.2 Å². The fourth-order valence-corrected chi connectivity index (χ4v) is 1.54. The van der Waals surface area contributed by atoms with Crippen LogP contribution < -0.4 is 5.32 Å². The van der Waals surface area contributed by atoms with Crippen LogP contribution in [0.3, 0.4) is 0 Å². The van der Waals surface area contributed by atoms with Gasteiger partial charge in [-0.3, -0.25) is 4.79 Å². The lowest BCUT2D eigenvalue weighted by Crippen LogP contribution is -2.20. The number of carbonyl (C=O) groups excluding carboxylic acids is 1. The Hall–Kier alpha value is -2.08. The van der Waals surface area contributed by atoms with Gasteiger partial charge in [0.25, 0.3) is 6.47 Å². The van der Waals surface area contributed by atoms with E-state index in [4.69, 9.17) is 10.6 Å². The minimum Gasteiger partial charge on any atom is -0.463 e. The highest BCUT2D eigenvalue weighted by Gasteiger charge is 2.22. The summed E-state index contributed by atoms with van der Waals surface area (Å²) in [4.78, 5) is 12.3. The van der Waals surface area contributed by atoms with Gasteiger partial charge < -0.3 is 15.2 Å². The Balaban J connectivity index is 0.000000191. The number of azide groups is 1. The molecule has 0 amide bonds. The molecule has 0 unspecified atom stereocenters. The molecule has 2 N–H and O–H groups in total. The third-order valence-electron chi connectivity index (χ3n) is 2.51. The maximum atomic E-state index is 9.76. The van der Waals surface area contributed by atoms with Gasteiger partial charge in [0, 0.05) is 18.0 Å². The molecule has 1 aliphatic heterocycles. The van der Waals surface area contributed by atoms with E-state index in [9.17, 15) is 4.79 Å². The number of β-amino-alcohol motifs (C(OH)–C–C–N with tert-alkyl or cyclic N) is 1. The van der Waals surface area contributed by atoms with Crippen molar-refractivity contribution < 1.29 is 14.6 Å². The molecule has 1 aromatic carbocycles. The molecule has 19 heavy (non-hydrogen) atoms. The van der Waals surface area contributed by atoms with Gasteiger partial charge in [0.15, 0.2) is 0 Å². The molecule has 0 aromatic heterocycles. The second kappa shape index (κ2) is 8.93. The van der Waals surface area contributed by atoms with Gasteiger partial charge in [-0.15, -0.1) is 0 Å². The van der Waals surface area contributed by atoms with Crippen molar-refractivity contribution >= 4 is 6.47 Å². The van der Waals surface area contributed by atoms with Crippen LogP contribution >= 0.6 is 0 Å². The number of hydrogen-bond donors (Lipinski definition) is 2. The standard InChI is InChI=1S/C8H8O2.C4H8N4O/c9-7-10-6-8-4-2-1-3-5-8;5-8-7-3-1-6-2-4(3)9/h1-5,7H,6H2;3-4,6,9H,1-2H2/t;3-,4-/m.1/s1. The molecular weight excluding hydrogens is 248 g/mol. The molecule has 2 atom stereocenters. The summed E-state index contributed by atoms with van der Waals surface area (Å²) in [6, 6.07) is 9.28. The Bertz CT molecular complexity index is 420. The molecule has 0 bridgehead atoms. The van der Waals surface area contributed by atoms with Crippen LogP contribution in [-0.2, 0) is 16.1 Å². The van der Waals surface area contributed by atoms with Gasteiger partial charge in [-0.25, -0.2) is 0 Å². The van der Waals surface area contributed by atoms with Crippen LogP contribution in [0.15, 0.2) is 35.4 Å². The molecule has 0 spiro atoms. The van der Waals surface area contributed by atoms with Crippen LogP contribution in [0.4, 0.5) is 0 Å². The molecule has 7 nitrogen and oxygen atoms in total. The van der Waals surface area contributed by atoms with Gasteiger partial charge in [-0.1, -0.05) is 35.4 Å². The van der Waals surface area contributed by atoms with Crippen LogP contribution in [-0.4, -0.2) is 36.8 Å². The topological polar surface area (TPSA) is 107 Å². The van der Waals surface area contributed by atoms with Gasteiger partial charge in [0.05, 0.1) is 12.1 Å². The number of hydrogen-bond acceptors (Lipinski definition) is 5. The van der Waals surface area contributed by atoms with Crippen LogP contribution in [0.1, 0.15) is 5.56 Å². The number of nitrogens with zero attached hydrogens (tertiary/aromatic N) is 3. The summed E-state index contributed by atoms with van der Waals surface area (Å²) in [6.07, 6.45) is -0.499. The van der Waals surface area contributed by atoms with Gasteiger partial charge in [0.2, 0.25) is 0 Å². The first-order chi connectivity index (χ1) is 9.27. The zero-order chi connectivity index (χ0) is 13.9. The molecule has 0 saturated carbocycles. The van der Waals surface area contributed by atoms with E-state index < -0.39 is 6.10 Å². The summed E-state index contributed by atoms with van der Waals surface area (Å²) in [5, 5.41) is 15.3. The largest absolute Gasteiger partial charge is 0.463 e. The maximum absolute atomic E-state index is 9.76. The lowest BCUT2D eigenvalue weighted by molar-refractivity contribution is -0.129. The normalized spacial score (nSPS) is 20.7. The van der Waals surface area contributed by atoms with Crippen LogP contribution in [0.25, 0.3) is 10.4 Å². The summed E-state index contributed by atoms with van der Waals surface area (Å²) in [5.74, 6) is 0. The smallest absolute Gasteiger partial charge is 0.293 e. The summed E-state index contributed by atoms with van der Waals surface area (Å²) >= 11 is 0. The second-order valence-electron chi connectivity index (χ2n) is 3.89. The fourth-order valence-electron chi connectivity index (χ4n) is 1.54. The molecule has 7 heteroatoms. The highest BCUT2D eigenvalue weighted by atomic mass is 16.5. The van der Waals surface area contributed by atoms with E-state index in [1.165, 1.54) is 0 Å². The van der Waals surface area contributed by atoms with E-state index in [2.05, 4.69) is 20.1 Å². The average molecular weight is 264 g/mol. The monoisotopic (exact) mass is 264 g/mol. The Morgan fingerprint density at radius 3 is 2.74 bits per heavy atom. The van der Waals surface area contributed by atoms with Crippen molar-refractivity contribution in [2.75, 3.05) is 13.1 Å². The molecule has 2 rings (SSSR count). The summed E-state index contributed by atoms with van der Waals surface area (Å²) in [5.41, 5.74) is 8.97. The highest BCUT2D eigenvalue weighted by Crippen LogP contribution is 2.03. The highest BCUT2D eigenvalue weighted by molar-refractivity contribution is 5.37. The molecule has 1 fully saturated rings. The second-order valence-corrected chi connectivity index (χ2v) is 3.89. The van der Waals surface area contributed by atoms with Crippen molar-refractivity contribution in [1.29, 1.82) is 0 Å². The van der Waals surface area contributed by atoms with Crippen molar-refractivity contribution in [3.8, 4) is 0 Å². The third kappa shape index (κ3) is 5.87. The summed E-state index contributed by atoms with van der Waals surface area (Å²) in [6.45, 7) is 1.94. The number of nitrogens with one attached hydrogen (secondary N) is 1. The third-order valence-corrected chi connectivity index (χ3v) is 2.51. The lowest BCUT2D eigenvalue weighted by Gasteiger charge is -2.02. The first-order valence-corrected chi connectivity index (χ1v) is 5.80.